The van der Waals surface area contributed by atoms with Crippen LogP contribution in [0.2, 0.25) is 0 Å². The average Bonchev–Trinajstić information content (AvgIpc) is 2.99. The Morgan fingerprint density at radius 3 is 2.71 bits per heavy atom. The molecule has 0 radical (unpaired) electrons. The third kappa shape index (κ3) is 4.40. The highest BCUT2D eigenvalue weighted by Crippen LogP contribution is 2.34. The molecule has 1 aliphatic carbocycles. The molecule has 6 nitrogen and oxygen atoms in total. The van der Waals surface area contributed by atoms with E-state index in [1.54, 1.807) is 15.9 Å². The second-order valence-electron chi connectivity index (χ2n) is 8.39. The molecule has 2 aliphatic rings. The van der Waals surface area contributed by atoms with Crippen LogP contribution in [0.25, 0.3) is 15.9 Å². The van der Waals surface area contributed by atoms with Gasteiger partial charge in [0.05, 0.1) is 24.3 Å². The Balaban J connectivity index is 1.46. The van der Waals surface area contributed by atoms with E-state index in [0.717, 1.165) is 81.0 Å². The number of para-hydroxylation sites is 1. The number of hydrogen-bond acceptors (Lipinski definition) is 6. The van der Waals surface area contributed by atoms with Crippen molar-refractivity contribution in [3.05, 3.63) is 51.1 Å². The third-order valence-electron chi connectivity index (χ3n) is 6.29. The molecule has 0 atom stereocenters. The molecule has 0 saturated carbocycles. The third-order valence-corrected chi connectivity index (χ3v) is 7.48. The first kappa shape index (κ1) is 20.7. The number of thiophene rings is 1. The summed E-state index contributed by atoms with van der Waals surface area (Å²) in [4.78, 5) is 23.4. The number of nitrogens with one attached hydrogen (secondary N) is 1. The van der Waals surface area contributed by atoms with Crippen LogP contribution in [-0.2, 0) is 17.6 Å². The first-order valence-corrected chi connectivity index (χ1v) is 12.3. The number of anilines is 1. The quantitative estimate of drug-likeness (QED) is 0.468. The van der Waals surface area contributed by atoms with E-state index in [0.29, 0.717) is 5.95 Å². The molecule has 0 spiro atoms. The van der Waals surface area contributed by atoms with Gasteiger partial charge in [0.2, 0.25) is 5.95 Å². The number of nitrogens with zero attached hydrogens (tertiary/aromatic N) is 3. The lowest BCUT2D eigenvalue weighted by Crippen LogP contribution is -2.37. The number of aromatic nitrogens is 2. The number of rotatable bonds is 6. The van der Waals surface area contributed by atoms with Gasteiger partial charge in [0.15, 0.2) is 0 Å². The number of aryl methyl sites for hydroxylation is 2. The summed E-state index contributed by atoms with van der Waals surface area (Å²) in [6.07, 6.45) is 6.68. The van der Waals surface area contributed by atoms with E-state index in [-0.39, 0.29) is 5.56 Å². The lowest BCUT2D eigenvalue weighted by atomic mass is 10.1. The fourth-order valence-corrected chi connectivity index (χ4v) is 5.90. The zero-order valence-electron chi connectivity index (χ0n) is 17.9. The van der Waals surface area contributed by atoms with E-state index in [1.165, 1.54) is 23.3 Å². The van der Waals surface area contributed by atoms with Gasteiger partial charge in [-0.25, -0.2) is 9.55 Å². The summed E-state index contributed by atoms with van der Waals surface area (Å²) in [6, 6.07) is 9.90. The summed E-state index contributed by atoms with van der Waals surface area (Å²) < 4.78 is 7.20. The molecule has 31 heavy (non-hydrogen) atoms. The molecule has 1 aliphatic heterocycles. The van der Waals surface area contributed by atoms with Crippen molar-refractivity contribution >= 4 is 27.5 Å². The first-order chi connectivity index (χ1) is 15.3. The topological polar surface area (TPSA) is 59.4 Å². The van der Waals surface area contributed by atoms with E-state index < -0.39 is 0 Å². The molecule has 1 aromatic carbocycles. The van der Waals surface area contributed by atoms with E-state index in [1.807, 2.05) is 30.3 Å². The monoisotopic (exact) mass is 438 g/mol. The molecular weight excluding hydrogens is 408 g/mol. The molecule has 5 rings (SSSR count). The molecule has 0 bridgehead atoms. The molecule has 7 heteroatoms. The summed E-state index contributed by atoms with van der Waals surface area (Å²) in [7, 11) is 0. The highest BCUT2D eigenvalue weighted by Gasteiger charge is 2.22. The minimum Gasteiger partial charge on any atom is -0.379 e. The molecular formula is C24H30N4O2S. The lowest BCUT2D eigenvalue weighted by molar-refractivity contribution is 0.0378. The highest BCUT2D eigenvalue weighted by molar-refractivity contribution is 7.18. The predicted molar refractivity (Wildman–Crippen MR) is 127 cm³/mol. The molecule has 1 saturated heterocycles. The first-order valence-electron chi connectivity index (χ1n) is 11.5. The maximum absolute atomic E-state index is 13.7. The fraction of sp³-hybridized carbons (Fsp3) is 0.500. The molecule has 0 unspecified atom stereocenters. The Morgan fingerprint density at radius 2 is 1.87 bits per heavy atom. The van der Waals surface area contributed by atoms with Crippen LogP contribution < -0.4 is 10.9 Å². The Morgan fingerprint density at radius 1 is 1.06 bits per heavy atom. The smallest absolute Gasteiger partial charge is 0.268 e. The van der Waals surface area contributed by atoms with E-state index in [9.17, 15) is 4.79 Å². The van der Waals surface area contributed by atoms with Gasteiger partial charge >= 0.3 is 0 Å². The summed E-state index contributed by atoms with van der Waals surface area (Å²) in [5.41, 5.74) is 2.18. The van der Waals surface area contributed by atoms with Gasteiger partial charge in [-0.2, -0.15) is 0 Å². The van der Waals surface area contributed by atoms with Crippen LogP contribution in [0.5, 0.6) is 0 Å². The normalized spacial score (nSPS) is 17.4. The van der Waals surface area contributed by atoms with Crippen LogP contribution in [-0.4, -0.2) is 53.8 Å². The van der Waals surface area contributed by atoms with Gasteiger partial charge in [-0.1, -0.05) is 24.6 Å². The van der Waals surface area contributed by atoms with Gasteiger partial charge in [0.1, 0.15) is 4.83 Å². The lowest BCUT2D eigenvalue weighted by Gasteiger charge is -2.26. The Kier molecular flexibility index (Phi) is 6.34. The predicted octanol–water partition coefficient (Wildman–Crippen LogP) is 3.85. The second kappa shape index (κ2) is 9.51. The van der Waals surface area contributed by atoms with Crippen molar-refractivity contribution in [1.29, 1.82) is 0 Å². The largest absolute Gasteiger partial charge is 0.379 e. The summed E-state index contributed by atoms with van der Waals surface area (Å²) in [5.74, 6) is 0.655. The van der Waals surface area contributed by atoms with E-state index in [2.05, 4.69) is 10.2 Å². The summed E-state index contributed by atoms with van der Waals surface area (Å²) in [5, 5.41) is 4.32. The Labute approximate surface area is 186 Å². The number of hydrogen-bond donors (Lipinski definition) is 1. The van der Waals surface area contributed by atoms with Gasteiger partial charge < -0.3 is 10.1 Å². The number of fused-ring (bicyclic) bond motifs is 3. The Bertz CT molecular complexity index is 1090. The van der Waals surface area contributed by atoms with Crippen LogP contribution >= 0.6 is 11.3 Å². The van der Waals surface area contributed by atoms with Gasteiger partial charge in [0.25, 0.3) is 5.56 Å². The minimum atomic E-state index is 0.0614. The molecule has 1 fully saturated rings. The molecule has 0 amide bonds. The van der Waals surface area contributed by atoms with E-state index >= 15 is 0 Å². The zero-order chi connectivity index (χ0) is 21.0. The van der Waals surface area contributed by atoms with Crippen molar-refractivity contribution in [2.45, 2.75) is 38.5 Å². The number of ether oxygens (including phenoxy) is 1. The van der Waals surface area contributed by atoms with Crippen molar-refractivity contribution in [3.63, 3.8) is 0 Å². The number of benzene rings is 1. The van der Waals surface area contributed by atoms with Gasteiger partial charge in [-0.3, -0.25) is 9.69 Å². The van der Waals surface area contributed by atoms with Crippen molar-refractivity contribution in [1.82, 2.24) is 14.5 Å². The van der Waals surface area contributed by atoms with Gasteiger partial charge in [-0.05, 0) is 56.3 Å². The van der Waals surface area contributed by atoms with Gasteiger partial charge in [0, 0.05) is 24.5 Å². The Hall–Kier alpha value is -2.22. The highest BCUT2D eigenvalue weighted by atomic mass is 32.1. The van der Waals surface area contributed by atoms with Crippen molar-refractivity contribution in [2.75, 3.05) is 44.7 Å². The van der Waals surface area contributed by atoms with Crippen molar-refractivity contribution in [3.8, 4) is 5.69 Å². The number of morpholine rings is 1. The molecule has 2 aromatic heterocycles. The zero-order valence-corrected chi connectivity index (χ0v) is 18.8. The maximum Gasteiger partial charge on any atom is 0.268 e. The van der Waals surface area contributed by atoms with Crippen LogP contribution in [0.4, 0.5) is 5.95 Å². The fourth-order valence-electron chi connectivity index (χ4n) is 4.64. The SMILES string of the molecule is O=c1c2c3c(sc2nc(NCCCN2CCOCC2)n1-c1ccccc1)CCCCC3. The van der Waals surface area contributed by atoms with Crippen molar-refractivity contribution < 1.29 is 4.74 Å². The van der Waals surface area contributed by atoms with Crippen LogP contribution in [0, 0.1) is 0 Å². The van der Waals surface area contributed by atoms with E-state index in [4.69, 9.17) is 9.72 Å². The van der Waals surface area contributed by atoms with Crippen LogP contribution in [0.15, 0.2) is 35.1 Å². The maximum atomic E-state index is 13.7. The molecule has 3 heterocycles. The molecule has 164 valence electrons. The van der Waals surface area contributed by atoms with Crippen molar-refractivity contribution in [2.24, 2.45) is 0 Å². The van der Waals surface area contributed by atoms with Crippen LogP contribution in [0.3, 0.4) is 0 Å². The molecule has 3 aromatic rings. The standard InChI is InChI=1S/C24H30N4O2S/c29-23-21-19-10-5-2-6-11-20(19)31-22(21)26-24(28(23)18-8-3-1-4-9-18)25-12-7-13-27-14-16-30-17-15-27/h1,3-4,8-9H,2,5-7,10-17H2,(H,25,26). The minimum absolute atomic E-state index is 0.0614. The molecule has 1 N–H and O–H groups in total. The summed E-state index contributed by atoms with van der Waals surface area (Å²) in [6.45, 7) is 5.46. The average molecular weight is 439 g/mol. The van der Waals surface area contributed by atoms with Crippen LogP contribution in [0.1, 0.15) is 36.1 Å². The summed E-state index contributed by atoms with van der Waals surface area (Å²) >= 11 is 1.72. The second-order valence-corrected chi connectivity index (χ2v) is 9.47. The van der Waals surface area contributed by atoms with Gasteiger partial charge in [-0.15, -0.1) is 11.3 Å².